The Bertz CT molecular complexity index is 808. The summed E-state index contributed by atoms with van der Waals surface area (Å²) >= 11 is 9.41. The highest BCUT2D eigenvalue weighted by Gasteiger charge is 2.15. The smallest absolute Gasteiger partial charge is 0.276 e. The van der Waals surface area contributed by atoms with Crippen LogP contribution in [0.15, 0.2) is 33.5 Å². The van der Waals surface area contributed by atoms with Gasteiger partial charge in [0, 0.05) is 17.6 Å². The second kappa shape index (κ2) is 8.30. The van der Waals surface area contributed by atoms with Crippen molar-refractivity contribution in [2.24, 2.45) is 0 Å². The van der Waals surface area contributed by atoms with E-state index in [1.165, 1.54) is 16.8 Å². The van der Waals surface area contributed by atoms with Crippen LogP contribution in [0.4, 0.5) is 5.69 Å². The largest absolute Gasteiger partial charge is 0.491 e. The maximum Gasteiger partial charge on any atom is 0.276 e. The van der Waals surface area contributed by atoms with Crippen LogP contribution in [0.25, 0.3) is 0 Å². The van der Waals surface area contributed by atoms with Crippen LogP contribution in [0.5, 0.6) is 5.75 Å². The summed E-state index contributed by atoms with van der Waals surface area (Å²) < 4.78 is 7.45. The van der Waals surface area contributed by atoms with Gasteiger partial charge in [0.05, 0.1) is 16.8 Å². The molecule has 0 unspecified atom stereocenters. The van der Waals surface area contributed by atoms with E-state index < -0.39 is 5.91 Å². The van der Waals surface area contributed by atoms with Crippen LogP contribution >= 0.6 is 27.5 Å². The topological polar surface area (TPSA) is 73.2 Å². The van der Waals surface area contributed by atoms with E-state index in [4.69, 9.17) is 16.3 Å². The van der Waals surface area contributed by atoms with E-state index in [2.05, 4.69) is 26.3 Å². The molecule has 2 rings (SSSR count). The molecule has 1 aromatic heterocycles. The molecule has 24 heavy (non-hydrogen) atoms. The fourth-order valence-electron chi connectivity index (χ4n) is 2.07. The summed E-state index contributed by atoms with van der Waals surface area (Å²) in [5.41, 5.74) is 0.326. The van der Waals surface area contributed by atoms with E-state index in [1.54, 1.807) is 12.1 Å². The fourth-order valence-corrected chi connectivity index (χ4v) is 3.00. The normalized spacial score (nSPS) is 10.5. The van der Waals surface area contributed by atoms with E-state index in [9.17, 15) is 9.59 Å². The van der Waals surface area contributed by atoms with Gasteiger partial charge in [0.25, 0.3) is 11.5 Å². The predicted molar refractivity (Wildman–Crippen MR) is 97.1 cm³/mol. The number of aromatic nitrogens is 2. The Morgan fingerprint density at radius 1 is 1.38 bits per heavy atom. The molecular weight excluding hydrogens is 398 g/mol. The molecule has 0 aliphatic carbocycles. The molecule has 6 nitrogen and oxygen atoms in total. The second-order valence-corrected chi connectivity index (χ2v) is 6.22. The number of rotatable bonds is 6. The first kappa shape index (κ1) is 18.5. The Hall–Kier alpha value is -1.86. The third-order valence-corrected chi connectivity index (χ3v) is 3.89. The molecule has 0 saturated heterocycles. The molecule has 0 fully saturated rings. The molecule has 2 aromatic rings. The zero-order valence-electron chi connectivity index (χ0n) is 13.3. The van der Waals surface area contributed by atoms with Gasteiger partial charge in [-0.05, 0) is 47.5 Å². The molecule has 0 saturated carbocycles. The van der Waals surface area contributed by atoms with Crippen molar-refractivity contribution in [1.29, 1.82) is 0 Å². The lowest BCUT2D eigenvalue weighted by molar-refractivity contribution is 0.101. The van der Waals surface area contributed by atoms with Crippen molar-refractivity contribution >= 4 is 39.1 Å². The average molecular weight is 415 g/mol. The summed E-state index contributed by atoms with van der Waals surface area (Å²) in [7, 11) is 0. The number of amides is 1. The number of aryl methyl sites for hydroxylation is 1. The molecule has 0 bridgehead atoms. The van der Waals surface area contributed by atoms with Gasteiger partial charge in [0.15, 0.2) is 5.75 Å². The van der Waals surface area contributed by atoms with Gasteiger partial charge in [0.1, 0.15) is 5.69 Å². The van der Waals surface area contributed by atoms with Crippen molar-refractivity contribution < 1.29 is 9.53 Å². The molecule has 1 N–H and O–H groups in total. The minimum atomic E-state index is -0.449. The molecule has 0 atom stereocenters. The maximum absolute atomic E-state index is 12.5. The highest BCUT2D eigenvalue weighted by Crippen LogP contribution is 2.36. The summed E-state index contributed by atoms with van der Waals surface area (Å²) in [5, 5.41) is 7.26. The lowest BCUT2D eigenvalue weighted by atomic mass is 10.2. The van der Waals surface area contributed by atoms with E-state index in [0.29, 0.717) is 34.1 Å². The van der Waals surface area contributed by atoms with Crippen molar-refractivity contribution in [1.82, 2.24) is 9.78 Å². The summed E-state index contributed by atoms with van der Waals surface area (Å²) in [4.78, 5) is 24.2. The van der Waals surface area contributed by atoms with E-state index in [1.807, 2.05) is 13.8 Å². The average Bonchev–Trinajstić information content (AvgIpc) is 2.53. The Kier molecular flexibility index (Phi) is 6.39. The van der Waals surface area contributed by atoms with Gasteiger partial charge < -0.3 is 10.1 Å². The Morgan fingerprint density at radius 2 is 2.12 bits per heavy atom. The lowest BCUT2D eigenvalue weighted by Gasteiger charge is -2.14. The number of hydrogen-bond donors (Lipinski definition) is 1. The number of halogens is 2. The molecule has 128 valence electrons. The molecule has 1 heterocycles. The van der Waals surface area contributed by atoms with Crippen LogP contribution in [0, 0.1) is 0 Å². The van der Waals surface area contributed by atoms with Crippen LogP contribution in [-0.2, 0) is 6.54 Å². The van der Waals surface area contributed by atoms with Crippen molar-refractivity contribution in [2.75, 3.05) is 11.9 Å². The SMILES string of the molecule is CCCn1nc(C(=O)Nc2cc(Cl)cc(Br)c2OCC)ccc1=O. The quantitative estimate of drug-likeness (QED) is 0.782. The van der Waals surface area contributed by atoms with Crippen molar-refractivity contribution in [3.63, 3.8) is 0 Å². The molecular formula is C16H17BrClN3O3. The maximum atomic E-state index is 12.5. The zero-order chi connectivity index (χ0) is 17.7. The Labute approximate surface area is 152 Å². The highest BCUT2D eigenvalue weighted by molar-refractivity contribution is 9.10. The first-order chi connectivity index (χ1) is 11.5. The number of ether oxygens (including phenoxy) is 1. The first-order valence-electron chi connectivity index (χ1n) is 7.47. The summed E-state index contributed by atoms with van der Waals surface area (Å²) in [6.45, 7) is 4.66. The third kappa shape index (κ3) is 4.36. The molecule has 0 spiro atoms. The van der Waals surface area contributed by atoms with Crippen LogP contribution in [0.1, 0.15) is 30.8 Å². The fraction of sp³-hybridized carbons (Fsp3) is 0.312. The van der Waals surface area contributed by atoms with Crippen molar-refractivity contribution in [3.8, 4) is 5.75 Å². The zero-order valence-corrected chi connectivity index (χ0v) is 15.6. The standard InChI is InChI=1S/C16H17BrClN3O3/c1-3-7-21-14(22)6-5-12(20-21)16(23)19-13-9-10(18)8-11(17)15(13)24-4-2/h5-6,8-9H,3-4,7H2,1-2H3,(H,19,23). The van der Waals surface area contributed by atoms with E-state index >= 15 is 0 Å². The third-order valence-electron chi connectivity index (χ3n) is 3.08. The Balaban J connectivity index is 2.33. The number of hydrogen-bond acceptors (Lipinski definition) is 4. The highest BCUT2D eigenvalue weighted by atomic mass is 79.9. The summed E-state index contributed by atoms with van der Waals surface area (Å²) in [6.07, 6.45) is 0.744. The molecule has 8 heteroatoms. The van der Waals surface area contributed by atoms with Gasteiger partial charge in [-0.2, -0.15) is 5.10 Å². The minimum absolute atomic E-state index is 0.140. The van der Waals surface area contributed by atoms with Crippen LogP contribution in [0.2, 0.25) is 5.02 Å². The van der Waals surface area contributed by atoms with E-state index in [-0.39, 0.29) is 11.3 Å². The molecule has 0 radical (unpaired) electrons. The predicted octanol–water partition coefficient (Wildman–Crippen LogP) is 3.72. The molecule has 0 aliphatic rings. The summed E-state index contributed by atoms with van der Waals surface area (Å²) in [5.74, 6) is 0.0344. The number of nitrogens with one attached hydrogen (secondary N) is 1. The molecule has 1 aromatic carbocycles. The van der Waals surface area contributed by atoms with Crippen LogP contribution in [-0.4, -0.2) is 22.3 Å². The second-order valence-electron chi connectivity index (χ2n) is 4.93. The number of carbonyl (C=O) groups is 1. The monoisotopic (exact) mass is 413 g/mol. The van der Waals surface area contributed by atoms with E-state index in [0.717, 1.165) is 6.42 Å². The Morgan fingerprint density at radius 3 is 2.79 bits per heavy atom. The van der Waals surface area contributed by atoms with Crippen molar-refractivity contribution in [3.05, 3.63) is 49.8 Å². The molecule has 1 amide bonds. The molecule has 0 aliphatic heterocycles. The first-order valence-corrected chi connectivity index (χ1v) is 8.64. The van der Waals surface area contributed by atoms with Crippen LogP contribution < -0.4 is 15.6 Å². The van der Waals surface area contributed by atoms with Gasteiger partial charge in [0.2, 0.25) is 0 Å². The summed E-state index contributed by atoms with van der Waals surface area (Å²) in [6, 6.07) is 6.00. The van der Waals surface area contributed by atoms with Gasteiger partial charge >= 0.3 is 0 Å². The minimum Gasteiger partial charge on any atom is -0.491 e. The number of benzene rings is 1. The van der Waals surface area contributed by atoms with Crippen molar-refractivity contribution in [2.45, 2.75) is 26.8 Å². The van der Waals surface area contributed by atoms with Gasteiger partial charge in [-0.3, -0.25) is 9.59 Å². The van der Waals surface area contributed by atoms with Gasteiger partial charge in [-0.25, -0.2) is 4.68 Å². The number of anilines is 1. The number of nitrogens with zero attached hydrogens (tertiary/aromatic N) is 2. The van der Waals surface area contributed by atoms with Gasteiger partial charge in [-0.15, -0.1) is 0 Å². The number of carbonyl (C=O) groups excluding carboxylic acids is 1. The van der Waals surface area contributed by atoms with Gasteiger partial charge in [-0.1, -0.05) is 18.5 Å². The lowest BCUT2D eigenvalue weighted by Crippen LogP contribution is -2.26. The van der Waals surface area contributed by atoms with Crippen LogP contribution in [0.3, 0.4) is 0 Å².